The molecule has 1 fully saturated rings. The van der Waals surface area contributed by atoms with Gasteiger partial charge in [-0.3, -0.25) is 9.59 Å². The van der Waals surface area contributed by atoms with Gasteiger partial charge < -0.3 is 15.2 Å². The highest BCUT2D eigenvalue weighted by molar-refractivity contribution is 7.99. The second kappa shape index (κ2) is 8.02. The second-order valence-electron chi connectivity index (χ2n) is 6.74. The SMILES string of the molecule is Cc1cc(NC(=O)CCSc2cc(C(=O)NC3CC3)c3ccccc3n2)no1. The summed E-state index contributed by atoms with van der Waals surface area (Å²) >= 11 is 1.45. The van der Waals surface area contributed by atoms with Crippen molar-refractivity contribution >= 4 is 40.3 Å². The summed E-state index contributed by atoms with van der Waals surface area (Å²) in [7, 11) is 0. The molecule has 7 nitrogen and oxygen atoms in total. The molecular formula is C20H20N4O3S. The van der Waals surface area contributed by atoms with E-state index in [1.807, 2.05) is 30.3 Å². The minimum Gasteiger partial charge on any atom is -0.360 e. The van der Waals surface area contributed by atoms with Crippen molar-refractivity contribution in [1.29, 1.82) is 0 Å². The largest absolute Gasteiger partial charge is 0.360 e. The Balaban J connectivity index is 1.43. The number of hydrogen-bond donors (Lipinski definition) is 2. The Bertz CT molecular complexity index is 1030. The first kappa shape index (κ1) is 18.5. The lowest BCUT2D eigenvalue weighted by atomic mass is 10.1. The first-order valence-corrected chi connectivity index (χ1v) is 10.1. The summed E-state index contributed by atoms with van der Waals surface area (Å²) in [6.07, 6.45) is 2.38. The molecular weight excluding hydrogens is 376 g/mol. The molecule has 1 aliphatic carbocycles. The number of aromatic nitrogens is 2. The Hall–Kier alpha value is -2.87. The third kappa shape index (κ3) is 4.51. The number of para-hydroxylation sites is 1. The fourth-order valence-electron chi connectivity index (χ4n) is 2.78. The normalized spacial score (nSPS) is 13.5. The molecule has 2 heterocycles. The maximum atomic E-state index is 12.6. The molecule has 2 amide bonds. The molecule has 2 aromatic heterocycles. The first-order valence-electron chi connectivity index (χ1n) is 9.15. The third-order valence-electron chi connectivity index (χ3n) is 4.32. The van der Waals surface area contributed by atoms with Crippen LogP contribution in [-0.2, 0) is 4.79 Å². The molecule has 0 spiro atoms. The molecule has 2 N–H and O–H groups in total. The number of nitrogens with zero attached hydrogens (tertiary/aromatic N) is 2. The molecule has 144 valence electrons. The van der Waals surface area contributed by atoms with Gasteiger partial charge in [-0.05, 0) is 31.9 Å². The number of carbonyl (C=O) groups excluding carboxylic acids is 2. The van der Waals surface area contributed by atoms with E-state index in [4.69, 9.17) is 4.52 Å². The summed E-state index contributed by atoms with van der Waals surface area (Å²) in [6, 6.07) is 11.4. The number of aryl methyl sites for hydroxylation is 1. The highest BCUT2D eigenvalue weighted by atomic mass is 32.2. The van der Waals surface area contributed by atoms with Crippen LogP contribution in [-0.4, -0.2) is 33.7 Å². The Morgan fingerprint density at radius 3 is 2.82 bits per heavy atom. The van der Waals surface area contributed by atoms with Crippen LogP contribution in [0.4, 0.5) is 5.82 Å². The van der Waals surface area contributed by atoms with Gasteiger partial charge in [-0.1, -0.05) is 23.4 Å². The maximum Gasteiger partial charge on any atom is 0.252 e. The summed E-state index contributed by atoms with van der Waals surface area (Å²) in [6.45, 7) is 1.76. The van der Waals surface area contributed by atoms with Crippen molar-refractivity contribution in [3.05, 3.63) is 47.7 Å². The van der Waals surface area contributed by atoms with E-state index in [1.165, 1.54) is 11.8 Å². The van der Waals surface area contributed by atoms with E-state index >= 15 is 0 Å². The van der Waals surface area contributed by atoms with E-state index in [0.717, 1.165) is 28.8 Å². The average molecular weight is 396 g/mol. The number of rotatable bonds is 7. The van der Waals surface area contributed by atoms with Gasteiger partial charge in [0.2, 0.25) is 5.91 Å². The predicted octanol–water partition coefficient (Wildman–Crippen LogP) is 3.54. The molecule has 1 aliphatic rings. The van der Waals surface area contributed by atoms with Gasteiger partial charge in [0.15, 0.2) is 5.82 Å². The molecule has 28 heavy (non-hydrogen) atoms. The molecule has 0 unspecified atom stereocenters. The average Bonchev–Trinajstić information content (AvgIpc) is 3.40. The fraction of sp³-hybridized carbons (Fsp3) is 0.300. The highest BCUT2D eigenvalue weighted by Gasteiger charge is 2.25. The van der Waals surface area contributed by atoms with E-state index in [-0.39, 0.29) is 11.8 Å². The highest BCUT2D eigenvalue weighted by Crippen LogP contribution is 2.26. The van der Waals surface area contributed by atoms with Gasteiger partial charge in [-0.2, -0.15) is 0 Å². The number of carbonyl (C=O) groups is 2. The van der Waals surface area contributed by atoms with Crippen molar-refractivity contribution in [2.45, 2.75) is 37.3 Å². The zero-order chi connectivity index (χ0) is 19.5. The van der Waals surface area contributed by atoms with Gasteiger partial charge in [-0.15, -0.1) is 11.8 Å². The molecule has 0 aliphatic heterocycles. The van der Waals surface area contributed by atoms with Crippen molar-refractivity contribution in [3.8, 4) is 0 Å². The topological polar surface area (TPSA) is 97.1 Å². The van der Waals surface area contributed by atoms with Crippen LogP contribution in [0.5, 0.6) is 0 Å². The van der Waals surface area contributed by atoms with Gasteiger partial charge in [0.1, 0.15) is 5.76 Å². The molecule has 4 rings (SSSR count). The van der Waals surface area contributed by atoms with E-state index in [9.17, 15) is 9.59 Å². The third-order valence-corrected chi connectivity index (χ3v) is 5.24. The van der Waals surface area contributed by atoms with Crippen LogP contribution in [0.1, 0.15) is 35.4 Å². The number of hydrogen-bond acceptors (Lipinski definition) is 6. The molecule has 1 aromatic carbocycles. The van der Waals surface area contributed by atoms with Crippen molar-refractivity contribution in [2.24, 2.45) is 0 Å². The van der Waals surface area contributed by atoms with Crippen LogP contribution in [0.3, 0.4) is 0 Å². The lowest BCUT2D eigenvalue weighted by Crippen LogP contribution is -2.25. The zero-order valence-corrected chi connectivity index (χ0v) is 16.2. The first-order chi connectivity index (χ1) is 13.6. The maximum absolute atomic E-state index is 12.6. The van der Waals surface area contributed by atoms with Crippen molar-refractivity contribution in [2.75, 3.05) is 11.1 Å². The van der Waals surface area contributed by atoms with Crippen LogP contribution in [0.2, 0.25) is 0 Å². The van der Waals surface area contributed by atoms with E-state index < -0.39 is 0 Å². The van der Waals surface area contributed by atoms with Crippen LogP contribution >= 0.6 is 11.8 Å². The Labute approximate surface area is 166 Å². The van der Waals surface area contributed by atoms with Gasteiger partial charge in [0.25, 0.3) is 5.91 Å². The predicted molar refractivity (Wildman–Crippen MR) is 107 cm³/mol. The fourth-order valence-corrected chi connectivity index (χ4v) is 3.64. The molecule has 0 atom stereocenters. The second-order valence-corrected chi connectivity index (χ2v) is 7.86. The molecule has 3 aromatic rings. The number of benzene rings is 1. The zero-order valence-electron chi connectivity index (χ0n) is 15.4. The lowest BCUT2D eigenvalue weighted by molar-refractivity contribution is -0.115. The van der Waals surface area contributed by atoms with Crippen molar-refractivity contribution in [3.63, 3.8) is 0 Å². The number of anilines is 1. The molecule has 0 bridgehead atoms. The number of fused-ring (bicyclic) bond motifs is 1. The van der Waals surface area contributed by atoms with Crippen LogP contribution in [0.15, 0.2) is 45.9 Å². The van der Waals surface area contributed by atoms with Crippen molar-refractivity contribution < 1.29 is 14.1 Å². The number of amides is 2. The smallest absolute Gasteiger partial charge is 0.252 e. The number of pyridine rings is 1. The standard InChI is InChI=1S/C20H20N4O3S/c1-12-10-17(24-27-12)23-18(25)8-9-28-19-11-15(20(26)21-13-6-7-13)14-4-2-3-5-16(14)22-19/h2-5,10-11,13H,6-9H2,1H3,(H,21,26)(H,23,24,25). The van der Waals surface area contributed by atoms with E-state index in [1.54, 1.807) is 13.0 Å². The molecule has 8 heteroatoms. The minimum atomic E-state index is -0.145. The van der Waals surface area contributed by atoms with Crippen LogP contribution in [0.25, 0.3) is 10.9 Å². The van der Waals surface area contributed by atoms with Crippen LogP contribution < -0.4 is 10.6 Å². The Morgan fingerprint density at radius 2 is 2.07 bits per heavy atom. The monoisotopic (exact) mass is 396 g/mol. The molecule has 1 saturated carbocycles. The van der Waals surface area contributed by atoms with E-state index in [2.05, 4.69) is 20.8 Å². The lowest BCUT2D eigenvalue weighted by Gasteiger charge is -2.10. The van der Waals surface area contributed by atoms with Gasteiger partial charge in [-0.25, -0.2) is 4.98 Å². The van der Waals surface area contributed by atoms with Crippen LogP contribution in [0, 0.1) is 6.92 Å². The summed E-state index contributed by atoms with van der Waals surface area (Å²) in [5.41, 5.74) is 1.40. The number of nitrogens with one attached hydrogen (secondary N) is 2. The number of thioether (sulfide) groups is 1. The van der Waals surface area contributed by atoms with Crippen molar-refractivity contribution in [1.82, 2.24) is 15.5 Å². The minimum absolute atomic E-state index is 0.0675. The summed E-state index contributed by atoms with van der Waals surface area (Å²) in [5.74, 6) is 1.38. The van der Waals surface area contributed by atoms with Gasteiger partial charge in [0.05, 0.1) is 16.1 Å². The van der Waals surface area contributed by atoms with Gasteiger partial charge in [0, 0.05) is 29.7 Å². The quantitative estimate of drug-likeness (QED) is 0.593. The Kier molecular flexibility index (Phi) is 5.29. The molecule has 0 saturated heterocycles. The van der Waals surface area contributed by atoms with Gasteiger partial charge >= 0.3 is 0 Å². The summed E-state index contributed by atoms with van der Waals surface area (Å²) in [5, 5.41) is 11.0. The Morgan fingerprint density at radius 1 is 1.25 bits per heavy atom. The molecule has 0 radical (unpaired) electrons. The summed E-state index contributed by atoms with van der Waals surface area (Å²) in [4.78, 5) is 29.3. The van der Waals surface area contributed by atoms with E-state index in [0.29, 0.717) is 35.4 Å². The summed E-state index contributed by atoms with van der Waals surface area (Å²) < 4.78 is 4.93.